The number of carbonyl (C=O) groups excluding carboxylic acids is 3. The molecule has 0 aliphatic carbocycles. The molecular weight excluding hydrogens is 456 g/mol. The molecule has 2 aromatic rings. The number of carbonyl (C=O) groups is 4. The van der Waals surface area contributed by atoms with Gasteiger partial charge in [-0.05, 0) is 36.6 Å². The number of aliphatic hydroxyl groups excluding tert-OH is 1. The van der Waals surface area contributed by atoms with Crippen molar-refractivity contribution >= 4 is 23.7 Å². The highest BCUT2D eigenvalue weighted by Gasteiger charge is 2.29. The summed E-state index contributed by atoms with van der Waals surface area (Å²) in [7, 11) is 0. The van der Waals surface area contributed by atoms with Crippen LogP contribution in [0.5, 0.6) is 5.75 Å². The van der Waals surface area contributed by atoms with E-state index >= 15 is 0 Å². The molecule has 2 rings (SSSR count). The van der Waals surface area contributed by atoms with Gasteiger partial charge in [0, 0.05) is 6.42 Å². The maximum absolute atomic E-state index is 12.8. The Morgan fingerprint density at radius 2 is 1.49 bits per heavy atom. The number of carboxylic acids is 1. The highest BCUT2D eigenvalue weighted by Crippen LogP contribution is 2.11. The van der Waals surface area contributed by atoms with Gasteiger partial charge in [0.05, 0.1) is 18.7 Å². The molecule has 4 atom stereocenters. The Morgan fingerprint density at radius 1 is 0.886 bits per heavy atom. The van der Waals surface area contributed by atoms with E-state index in [2.05, 4.69) is 16.0 Å². The van der Waals surface area contributed by atoms with Crippen LogP contribution < -0.4 is 21.7 Å². The van der Waals surface area contributed by atoms with Gasteiger partial charge in [0.2, 0.25) is 17.7 Å². The highest BCUT2D eigenvalue weighted by molar-refractivity contribution is 5.92. The minimum absolute atomic E-state index is 0.0544. The van der Waals surface area contributed by atoms with Crippen molar-refractivity contribution in [1.82, 2.24) is 16.0 Å². The number of phenols is 1. The fourth-order valence-electron chi connectivity index (χ4n) is 3.22. The average Bonchev–Trinajstić information content (AvgIpc) is 2.82. The topological polar surface area (TPSA) is 191 Å². The molecule has 0 aliphatic rings. The van der Waals surface area contributed by atoms with E-state index in [0.717, 1.165) is 5.56 Å². The van der Waals surface area contributed by atoms with Crippen molar-refractivity contribution in [3.63, 3.8) is 0 Å². The molecule has 0 saturated heterocycles. The number of rotatable bonds is 12. The standard InChI is InChI=1S/C24H30N4O7/c1-14(29)21(24(34)35)28-23(33)19(12-15-5-3-2-4-6-15)27-20(31)13-26-22(32)18(25)11-16-7-9-17(30)10-8-16/h2-10,14,18-19,21,29-30H,11-13,25H2,1H3,(H,26,32)(H,27,31)(H,28,33)(H,34,35). The summed E-state index contributed by atoms with van der Waals surface area (Å²) in [6, 6.07) is 11.3. The second-order valence-corrected chi connectivity index (χ2v) is 8.07. The van der Waals surface area contributed by atoms with Crippen molar-refractivity contribution < 1.29 is 34.5 Å². The van der Waals surface area contributed by atoms with Crippen molar-refractivity contribution in [2.24, 2.45) is 5.73 Å². The van der Waals surface area contributed by atoms with Crippen LogP contribution in [0.3, 0.4) is 0 Å². The molecular formula is C24H30N4O7. The first-order chi connectivity index (χ1) is 16.6. The summed E-state index contributed by atoms with van der Waals surface area (Å²) in [6.45, 7) is 0.764. The molecule has 11 nitrogen and oxygen atoms in total. The molecule has 188 valence electrons. The normalized spacial score (nSPS) is 14.1. The minimum Gasteiger partial charge on any atom is -0.508 e. The zero-order valence-corrected chi connectivity index (χ0v) is 19.2. The predicted octanol–water partition coefficient (Wildman–Crippen LogP) is -0.944. The van der Waals surface area contributed by atoms with Crippen LogP contribution in [0.1, 0.15) is 18.1 Å². The lowest BCUT2D eigenvalue weighted by molar-refractivity contribution is -0.145. The Bertz CT molecular complexity index is 1010. The molecule has 0 fully saturated rings. The predicted molar refractivity (Wildman–Crippen MR) is 126 cm³/mol. The van der Waals surface area contributed by atoms with Crippen LogP contribution in [0.2, 0.25) is 0 Å². The smallest absolute Gasteiger partial charge is 0.328 e. The van der Waals surface area contributed by atoms with E-state index in [1.54, 1.807) is 42.5 Å². The highest BCUT2D eigenvalue weighted by atomic mass is 16.4. The number of aliphatic hydroxyl groups is 1. The van der Waals surface area contributed by atoms with Crippen LogP contribution >= 0.6 is 0 Å². The van der Waals surface area contributed by atoms with Gasteiger partial charge in [-0.2, -0.15) is 0 Å². The molecule has 3 amide bonds. The second-order valence-electron chi connectivity index (χ2n) is 8.07. The first-order valence-electron chi connectivity index (χ1n) is 10.9. The Labute approximate surface area is 202 Å². The largest absolute Gasteiger partial charge is 0.508 e. The molecule has 35 heavy (non-hydrogen) atoms. The molecule has 0 radical (unpaired) electrons. The number of benzene rings is 2. The quantitative estimate of drug-likeness (QED) is 0.200. The Balaban J connectivity index is 1.98. The summed E-state index contributed by atoms with van der Waals surface area (Å²) in [5, 5.41) is 35.3. The summed E-state index contributed by atoms with van der Waals surface area (Å²) in [5.74, 6) is -3.41. The molecule has 8 N–H and O–H groups in total. The number of nitrogens with two attached hydrogens (primary N) is 1. The fourth-order valence-corrected chi connectivity index (χ4v) is 3.22. The van der Waals surface area contributed by atoms with Gasteiger partial charge in [-0.15, -0.1) is 0 Å². The van der Waals surface area contributed by atoms with Gasteiger partial charge < -0.3 is 37.0 Å². The van der Waals surface area contributed by atoms with Crippen LogP contribution in [0.4, 0.5) is 0 Å². The van der Waals surface area contributed by atoms with Crippen molar-refractivity contribution in [2.75, 3.05) is 6.54 Å². The maximum Gasteiger partial charge on any atom is 0.328 e. The Morgan fingerprint density at radius 3 is 2.06 bits per heavy atom. The zero-order valence-electron chi connectivity index (χ0n) is 19.2. The van der Waals surface area contributed by atoms with Crippen molar-refractivity contribution in [2.45, 2.75) is 44.0 Å². The molecule has 0 heterocycles. The molecule has 0 bridgehead atoms. The third-order valence-electron chi connectivity index (χ3n) is 5.13. The lowest BCUT2D eigenvalue weighted by Crippen LogP contribution is -2.56. The van der Waals surface area contributed by atoms with E-state index in [-0.39, 0.29) is 18.6 Å². The van der Waals surface area contributed by atoms with Gasteiger partial charge in [0.15, 0.2) is 6.04 Å². The van der Waals surface area contributed by atoms with E-state index in [1.165, 1.54) is 19.1 Å². The van der Waals surface area contributed by atoms with Crippen molar-refractivity contribution in [1.29, 1.82) is 0 Å². The van der Waals surface area contributed by atoms with E-state index in [9.17, 15) is 34.5 Å². The third kappa shape index (κ3) is 9.07. The monoisotopic (exact) mass is 486 g/mol. The molecule has 0 aliphatic heterocycles. The number of amides is 3. The van der Waals surface area contributed by atoms with Crippen LogP contribution in [-0.4, -0.2) is 69.8 Å². The number of hydrogen-bond donors (Lipinski definition) is 7. The number of hydrogen-bond acceptors (Lipinski definition) is 7. The maximum atomic E-state index is 12.8. The van der Waals surface area contributed by atoms with Crippen LogP contribution in [0.25, 0.3) is 0 Å². The van der Waals surface area contributed by atoms with E-state index in [1.807, 2.05) is 0 Å². The number of aliphatic carboxylic acids is 1. The minimum atomic E-state index is -1.56. The van der Waals surface area contributed by atoms with Gasteiger partial charge in [-0.3, -0.25) is 14.4 Å². The number of carboxylic acid groups (broad SMARTS) is 1. The van der Waals surface area contributed by atoms with E-state index in [0.29, 0.717) is 5.56 Å². The lowest BCUT2D eigenvalue weighted by atomic mass is 10.0. The summed E-state index contributed by atoms with van der Waals surface area (Å²) in [6.07, 6.45) is -1.12. The number of aromatic hydroxyl groups is 1. The molecule has 0 spiro atoms. The zero-order chi connectivity index (χ0) is 26.0. The Kier molecular flexibility index (Phi) is 10.2. The molecule has 0 saturated carbocycles. The van der Waals surface area contributed by atoms with E-state index < -0.39 is 54.5 Å². The molecule has 0 aromatic heterocycles. The first-order valence-corrected chi connectivity index (χ1v) is 10.9. The average molecular weight is 487 g/mol. The third-order valence-corrected chi connectivity index (χ3v) is 5.13. The first kappa shape index (κ1) is 27.3. The second kappa shape index (κ2) is 13.1. The summed E-state index contributed by atoms with van der Waals surface area (Å²) < 4.78 is 0. The lowest BCUT2D eigenvalue weighted by Gasteiger charge is -2.23. The fraction of sp³-hybridized carbons (Fsp3) is 0.333. The summed E-state index contributed by atoms with van der Waals surface area (Å²) >= 11 is 0. The summed E-state index contributed by atoms with van der Waals surface area (Å²) in [5.41, 5.74) is 7.32. The van der Waals surface area contributed by atoms with Crippen LogP contribution in [0.15, 0.2) is 54.6 Å². The Hall–Kier alpha value is -3.96. The van der Waals surface area contributed by atoms with Crippen LogP contribution in [0, 0.1) is 0 Å². The van der Waals surface area contributed by atoms with Crippen LogP contribution in [-0.2, 0) is 32.0 Å². The van der Waals surface area contributed by atoms with Gasteiger partial charge >= 0.3 is 5.97 Å². The van der Waals surface area contributed by atoms with Crippen molar-refractivity contribution in [3.8, 4) is 5.75 Å². The SMILES string of the molecule is CC(O)C(NC(=O)C(Cc1ccccc1)NC(=O)CNC(=O)C(N)Cc1ccc(O)cc1)C(=O)O. The van der Waals surface area contributed by atoms with Gasteiger partial charge in [0.1, 0.15) is 11.8 Å². The van der Waals surface area contributed by atoms with Gasteiger partial charge in [-0.1, -0.05) is 42.5 Å². The molecule has 2 aromatic carbocycles. The number of phenolic OH excluding ortho intramolecular Hbond substituents is 1. The van der Waals surface area contributed by atoms with Crippen molar-refractivity contribution in [3.05, 3.63) is 65.7 Å². The van der Waals surface area contributed by atoms with Gasteiger partial charge in [0.25, 0.3) is 0 Å². The molecule has 4 unspecified atom stereocenters. The number of nitrogens with one attached hydrogen (secondary N) is 3. The summed E-state index contributed by atoms with van der Waals surface area (Å²) in [4.78, 5) is 48.9. The van der Waals surface area contributed by atoms with Gasteiger partial charge in [-0.25, -0.2) is 4.79 Å². The molecule has 11 heteroatoms. The van der Waals surface area contributed by atoms with E-state index in [4.69, 9.17) is 5.73 Å².